The number of nitrogens with one attached hydrogen (secondary N) is 1. The smallest absolute Gasteiger partial charge is 0.307 e. The van der Waals surface area contributed by atoms with Crippen LogP contribution in [0.4, 0.5) is 5.00 Å². The van der Waals surface area contributed by atoms with Gasteiger partial charge in [-0.15, -0.1) is 11.3 Å². The van der Waals surface area contributed by atoms with Gasteiger partial charge in [-0.3, -0.25) is 14.4 Å². The van der Waals surface area contributed by atoms with Gasteiger partial charge in [-0.2, -0.15) is 0 Å². The Hall–Kier alpha value is -2.93. The zero-order chi connectivity index (χ0) is 19.6. The van der Waals surface area contributed by atoms with E-state index in [-0.39, 0.29) is 5.56 Å². The first kappa shape index (κ1) is 18.8. The van der Waals surface area contributed by atoms with Gasteiger partial charge < -0.3 is 16.2 Å². The van der Waals surface area contributed by atoms with Gasteiger partial charge in [0.05, 0.1) is 17.4 Å². The van der Waals surface area contributed by atoms with Crippen molar-refractivity contribution in [1.29, 1.82) is 0 Å². The molecule has 1 aromatic carbocycles. The highest BCUT2D eigenvalue weighted by molar-refractivity contribution is 7.17. The van der Waals surface area contributed by atoms with Crippen LogP contribution in [0.2, 0.25) is 0 Å². The van der Waals surface area contributed by atoms with Crippen LogP contribution in [0.1, 0.15) is 28.1 Å². The van der Waals surface area contributed by atoms with Gasteiger partial charge in [0.25, 0.3) is 5.91 Å². The van der Waals surface area contributed by atoms with Crippen LogP contribution in [0.25, 0.3) is 11.1 Å². The molecule has 2 aromatic rings. The van der Waals surface area contributed by atoms with Crippen molar-refractivity contribution in [2.75, 3.05) is 5.32 Å². The van der Waals surface area contributed by atoms with E-state index in [1.807, 2.05) is 43.3 Å². The van der Waals surface area contributed by atoms with Crippen molar-refractivity contribution >= 4 is 34.1 Å². The van der Waals surface area contributed by atoms with Crippen molar-refractivity contribution in [1.82, 2.24) is 0 Å². The minimum atomic E-state index is -0.998. The molecule has 0 fully saturated rings. The number of amides is 2. The number of benzene rings is 1. The molecule has 3 rings (SSSR count). The zero-order valence-corrected chi connectivity index (χ0v) is 15.6. The predicted octanol–water partition coefficient (Wildman–Crippen LogP) is 3.43. The number of carbonyl (C=O) groups excluding carboxylic acids is 2. The van der Waals surface area contributed by atoms with E-state index in [1.165, 1.54) is 11.3 Å². The lowest BCUT2D eigenvalue weighted by molar-refractivity contribution is -0.146. The zero-order valence-electron chi connectivity index (χ0n) is 14.8. The molecule has 1 aliphatic carbocycles. The molecule has 27 heavy (non-hydrogen) atoms. The lowest BCUT2D eigenvalue weighted by Crippen LogP contribution is -2.35. The van der Waals surface area contributed by atoms with Crippen molar-refractivity contribution in [3.05, 3.63) is 52.9 Å². The summed E-state index contributed by atoms with van der Waals surface area (Å²) in [5.74, 6) is -3.50. The second-order valence-electron chi connectivity index (χ2n) is 6.45. The Morgan fingerprint density at radius 2 is 1.74 bits per heavy atom. The molecule has 2 atom stereocenters. The third-order valence-electron chi connectivity index (χ3n) is 4.72. The summed E-state index contributed by atoms with van der Waals surface area (Å²) in [7, 11) is 0. The second kappa shape index (κ2) is 7.75. The maximum Gasteiger partial charge on any atom is 0.307 e. The number of allylic oxidation sites excluding steroid dienone is 2. The predicted molar refractivity (Wildman–Crippen MR) is 105 cm³/mol. The summed E-state index contributed by atoms with van der Waals surface area (Å²) in [5.41, 5.74) is 7.40. The Balaban J connectivity index is 1.96. The molecule has 0 radical (unpaired) electrons. The van der Waals surface area contributed by atoms with Crippen LogP contribution in [-0.2, 0) is 9.59 Å². The Labute approximate surface area is 160 Å². The average Bonchev–Trinajstić information content (AvgIpc) is 2.98. The second-order valence-corrected chi connectivity index (χ2v) is 7.68. The van der Waals surface area contributed by atoms with Gasteiger partial charge >= 0.3 is 5.97 Å². The summed E-state index contributed by atoms with van der Waals surface area (Å²) in [6, 6.07) is 9.35. The Bertz CT molecular complexity index is 918. The number of carboxylic acids is 1. The molecule has 0 aliphatic heterocycles. The summed E-state index contributed by atoms with van der Waals surface area (Å²) in [6.07, 6.45) is 4.26. The molecule has 0 saturated heterocycles. The van der Waals surface area contributed by atoms with E-state index < -0.39 is 29.6 Å². The Morgan fingerprint density at radius 3 is 2.33 bits per heavy atom. The van der Waals surface area contributed by atoms with Crippen LogP contribution in [0, 0.1) is 18.8 Å². The molecular formula is C20H20N2O4S. The van der Waals surface area contributed by atoms with Gasteiger partial charge in [-0.05, 0) is 25.3 Å². The van der Waals surface area contributed by atoms with Crippen LogP contribution in [0.3, 0.4) is 0 Å². The van der Waals surface area contributed by atoms with Gasteiger partial charge in [-0.25, -0.2) is 0 Å². The third-order valence-corrected chi connectivity index (χ3v) is 5.74. The summed E-state index contributed by atoms with van der Waals surface area (Å²) >= 11 is 1.27. The number of aryl methyl sites for hydroxylation is 1. The number of thiophene rings is 1. The first-order chi connectivity index (χ1) is 12.9. The van der Waals surface area contributed by atoms with Crippen molar-refractivity contribution in [2.24, 2.45) is 17.6 Å². The average molecular weight is 384 g/mol. The number of nitrogens with two attached hydrogens (primary N) is 1. The topological polar surface area (TPSA) is 109 Å². The minimum absolute atomic E-state index is 0.260. The number of hydrogen-bond acceptors (Lipinski definition) is 4. The first-order valence-electron chi connectivity index (χ1n) is 8.57. The fourth-order valence-electron chi connectivity index (χ4n) is 3.40. The quantitative estimate of drug-likeness (QED) is 0.686. The molecule has 1 aromatic heterocycles. The monoisotopic (exact) mass is 384 g/mol. The molecule has 0 saturated carbocycles. The number of anilines is 1. The lowest BCUT2D eigenvalue weighted by atomic mass is 9.82. The highest BCUT2D eigenvalue weighted by Gasteiger charge is 2.35. The Morgan fingerprint density at radius 1 is 1.11 bits per heavy atom. The van der Waals surface area contributed by atoms with E-state index in [0.717, 1.165) is 10.4 Å². The van der Waals surface area contributed by atoms with E-state index in [2.05, 4.69) is 5.32 Å². The number of carboxylic acid groups (broad SMARTS) is 1. The van der Waals surface area contributed by atoms with Crippen molar-refractivity contribution in [2.45, 2.75) is 19.8 Å². The fraction of sp³-hybridized carbons (Fsp3) is 0.250. The van der Waals surface area contributed by atoms with E-state index in [0.29, 0.717) is 23.4 Å². The minimum Gasteiger partial charge on any atom is -0.481 e. The van der Waals surface area contributed by atoms with Gasteiger partial charge in [0.1, 0.15) is 5.00 Å². The summed E-state index contributed by atoms with van der Waals surface area (Å²) in [6.45, 7) is 1.86. The van der Waals surface area contributed by atoms with Crippen LogP contribution in [0.15, 0.2) is 42.5 Å². The standard InChI is InChI=1S/C20H20N2O4S/c1-11-15(12-7-3-2-4-8-12)16(17(21)23)19(27-11)22-18(24)13-9-5-6-10-14(13)20(25)26/h2-8,13-14H,9-10H2,1H3,(H2,21,23)(H,22,24)(H,25,26)/t13-,14+/m0/s1. The molecule has 1 heterocycles. The maximum absolute atomic E-state index is 12.8. The largest absolute Gasteiger partial charge is 0.481 e. The molecule has 7 heteroatoms. The maximum atomic E-state index is 12.8. The number of rotatable bonds is 5. The number of aliphatic carboxylic acids is 1. The molecule has 1 aliphatic rings. The fourth-order valence-corrected chi connectivity index (χ4v) is 4.49. The SMILES string of the molecule is Cc1sc(NC(=O)[C@H]2CC=CC[C@H]2C(=O)O)c(C(N)=O)c1-c1ccccc1. The Kier molecular flexibility index (Phi) is 5.41. The molecule has 0 spiro atoms. The molecule has 2 amide bonds. The number of hydrogen-bond donors (Lipinski definition) is 3. The van der Waals surface area contributed by atoms with Gasteiger partial charge in [0.15, 0.2) is 0 Å². The van der Waals surface area contributed by atoms with Crippen molar-refractivity contribution < 1.29 is 19.5 Å². The molecule has 6 nitrogen and oxygen atoms in total. The van der Waals surface area contributed by atoms with Crippen molar-refractivity contribution in [3.63, 3.8) is 0 Å². The summed E-state index contributed by atoms with van der Waals surface area (Å²) in [5, 5.41) is 12.5. The molecule has 0 bridgehead atoms. The molecule has 4 N–H and O–H groups in total. The van der Waals surface area contributed by atoms with E-state index in [9.17, 15) is 19.5 Å². The highest BCUT2D eigenvalue weighted by atomic mass is 32.1. The summed E-state index contributed by atoms with van der Waals surface area (Å²) in [4.78, 5) is 37.2. The van der Waals surface area contributed by atoms with E-state index in [1.54, 1.807) is 6.08 Å². The van der Waals surface area contributed by atoms with Gasteiger partial charge in [0, 0.05) is 10.4 Å². The van der Waals surface area contributed by atoms with Crippen LogP contribution >= 0.6 is 11.3 Å². The van der Waals surface area contributed by atoms with Crippen LogP contribution in [-0.4, -0.2) is 22.9 Å². The number of primary amides is 1. The van der Waals surface area contributed by atoms with Crippen molar-refractivity contribution in [3.8, 4) is 11.1 Å². The van der Waals surface area contributed by atoms with Gasteiger partial charge in [0.2, 0.25) is 5.91 Å². The normalized spacial score (nSPS) is 18.9. The summed E-state index contributed by atoms with van der Waals surface area (Å²) < 4.78 is 0. The van der Waals surface area contributed by atoms with E-state index in [4.69, 9.17) is 5.73 Å². The van der Waals surface area contributed by atoms with Crippen LogP contribution < -0.4 is 11.1 Å². The molecule has 0 unspecified atom stereocenters. The molecular weight excluding hydrogens is 364 g/mol. The van der Waals surface area contributed by atoms with Gasteiger partial charge in [-0.1, -0.05) is 42.5 Å². The molecule has 140 valence electrons. The third kappa shape index (κ3) is 3.78. The lowest BCUT2D eigenvalue weighted by Gasteiger charge is -2.24. The first-order valence-corrected chi connectivity index (χ1v) is 9.39. The van der Waals surface area contributed by atoms with Crippen LogP contribution in [0.5, 0.6) is 0 Å². The number of carbonyl (C=O) groups is 3. The highest BCUT2D eigenvalue weighted by Crippen LogP contribution is 2.40. The van der Waals surface area contributed by atoms with E-state index >= 15 is 0 Å².